The Labute approximate surface area is 852 Å². The molecule has 12 rings (SSSR count). The van der Waals surface area contributed by atoms with Gasteiger partial charge in [-0.15, -0.1) is 0 Å². The first-order valence-electron chi connectivity index (χ1n) is 40.5. The van der Waals surface area contributed by atoms with Crippen LogP contribution in [0.2, 0.25) is 0 Å². The molecule has 4 aromatic rings. The van der Waals surface area contributed by atoms with E-state index in [0.29, 0.717) is 0 Å². The van der Waals surface area contributed by atoms with Gasteiger partial charge in [0, 0.05) is 72.4 Å². The number of aliphatic hydroxyl groups excluding tert-OH is 18. The molecule has 0 saturated carbocycles. The number of aliphatic hydroxyl groups is 18. The number of phosphoric ester groups is 8. The number of hydrogen-bond acceptors (Lipinski definition) is 60. The summed E-state index contributed by atoms with van der Waals surface area (Å²) in [4.78, 5) is 184. The standard InChI is InChI=1S/2C16H26N2O15P2S.2C15H24N2O16P2S.4CH4/c1-6-3-18(16(24)17-14(6)23)10-2-7(20)9(30-10)5-29-34(25,26)33-35(27,28)32-15-12(22)13(36)11(21)8(4-19)31-15;1-6-3-18(16(24)17-14(6)23)10-2-7(19)8(30-10)4-29-34(25,26)33-35(27,28)32-15-13(22)12(21)11(20)9(5-36)31-15;18-3-5-9(21)12(36)11(23)14(31-5)32-35(27,28)33-34(25,26)29-4-6-8(20)10(22)13(30-6)17-2-1-7(19)16-15(17)24;18-7-1-2-17(15(24)16-7)13-11(22)8(19)5(30-13)3-29-34(25,26)33-35(27,28)32-14-12(23)10(21)9(20)6(4-36)31-14;;;;/h2*3,7-13,15,19-22,36H,2,4-5H2,1H3,(H,25,26)(H,27,28)(H,17,23,24);1-2,5-6,8-14,18,20-23,36H,3-4H2,(H,25,26)(H,27,28)(H,16,19,24);1-2,5-6,8-14,19-23,36H,3-4H2,(H,25,26)(H,27,28)(H,16,18,24);4*1H4/p-2/t7-,8?,9-,10-,11-,12?,13+,15-;7-,8-,9?,10-,11-,12+,13?,15-;5?,6-,8+,9-,10?,11?,12+,13-,14-;5-,6?,8+,9-,10+,11?,12?,13-,14-;;;;/m1111..../s1. The molecule has 0 aliphatic carbocycles. The SMILES string of the molecule is C.C.C.C.Cc1cn([C@H]2C[C@@H](O)[C@@H](COP(=O)(O)OP(=O)([O-])O[C@H]3OC(CO)[C@@H](O)[C@H](S)C3O)O2)c(=O)[nH]c1=O.Cc1cn([C@H]2C[C@@H](O)[C@@H](COP(=O)(O)OP(=O)([O-])O[C@H]3OC(CS)[C@@H](O)[C@H](O)C3O)O2)c(=O)[nH]c1=O.O=c1ccn([C@@H]2O[C@H](COP(=O)(O)OP(=O)(O)O[C@H]3OC(CO)[C@@H](O)[C@H](S)C3O)[C@H](O)C2O)c(=O)[nH]1.O=c1ccn([C@@H]2O[C@H](COP(=O)(O)OP(=O)(O)O[C@H]3OC(CS)[C@@H](O)[C@H](O)C3O)[C@H](O)C2O)c(=O)[nH]1. The summed E-state index contributed by atoms with van der Waals surface area (Å²) in [7, 11) is -44.2. The molecule has 8 aliphatic rings. The molecule has 18 unspecified atom stereocenters. The molecule has 0 amide bonds. The second kappa shape index (κ2) is 55.5. The van der Waals surface area contributed by atoms with Gasteiger partial charge in [-0.3, -0.25) is 103 Å². The van der Waals surface area contributed by atoms with E-state index >= 15 is 0 Å². The Morgan fingerprint density at radius 1 is 0.345 bits per heavy atom. The minimum Gasteiger partial charge on any atom is -0.756 e. The van der Waals surface area contributed by atoms with Crippen LogP contribution in [0.15, 0.2) is 75.3 Å². The zero-order chi connectivity index (χ0) is 108. The van der Waals surface area contributed by atoms with Crippen LogP contribution in [0.4, 0.5) is 0 Å². The Balaban J connectivity index is 0.000000344. The number of rotatable bonds is 36. The van der Waals surface area contributed by atoms with E-state index in [1.165, 1.54) is 26.2 Å². The molecule has 0 spiro atoms. The fraction of sp³-hybridized carbons (Fsp3) is 0.758. The summed E-state index contributed by atoms with van der Waals surface area (Å²) in [6.07, 6.45) is -47.9. The van der Waals surface area contributed by atoms with E-state index < -0.39 is 354 Å². The number of aryl methyl sites for hydroxylation is 2. The molecular weight excluding hydrogens is 2270 g/mol. The first-order valence-corrected chi connectivity index (χ1v) is 54.7. The smallest absolute Gasteiger partial charge is 0.483 e. The van der Waals surface area contributed by atoms with E-state index in [0.717, 1.165) is 42.8 Å². The number of aromatic nitrogens is 8. The maximum atomic E-state index is 12.2. The highest BCUT2D eigenvalue weighted by Gasteiger charge is 2.55. The van der Waals surface area contributed by atoms with E-state index in [4.69, 9.17) is 37.9 Å². The van der Waals surface area contributed by atoms with Crippen LogP contribution in [0.1, 0.15) is 78.6 Å². The average Bonchev–Trinajstić information content (AvgIpc) is 1.75. The molecule has 856 valence electrons. The number of nitrogens with one attached hydrogen (secondary N) is 4. The van der Waals surface area contributed by atoms with E-state index in [9.17, 15) is 206 Å². The number of hydrogen-bond donors (Lipinski definition) is 32. The lowest BCUT2D eigenvalue weighted by atomic mass is 10.0. The minimum absolute atomic E-state index is 0. The van der Waals surface area contributed by atoms with Crippen LogP contribution < -0.4 is 54.8 Å². The van der Waals surface area contributed by atoms with Crippen molar-refractivity contribution in [2.75, 3.05) is 51.1 Å². The summed E-state index contributed by atoms with van der Waals surface area (Å²) in [5.41, 5.74) is -5.96. The Kier molecular flexibility index (Phi) is 50.5. The summed E-state index contributed by atoms with van der Waals surface area (Å²) < 4.78 is 194. The van der Waals surface area contributed by atoms with Gasteiger partial charge in [-0.2, -0.15) is 59.1 Å². The van der Waals surface area contributed by atoms with E-state index in [-0.39, 0.29) is 65.2 Å². The highest BCUT2D eigenvalue weighted by Crippen LogP contribution is 2.65. The molecule has 42 atom stereocenters. The normalized spacial score (nSPS) is 36.4. The van der Waals surface area contributed by atoms with E-state index in [1.54, 1.807) is 0 Å². The lowest BCUT2D eigenvalue weighted by Crippen LogP contribution is -2.58. The third-order valence-corrected chi connectivity index (χ3v) is 33.3. The van der Waals surface area contributed by atoms with Gasteiger partial charge in [0.2, 0.25) is 0 Å². The van der Waals surface area contributed by atoms with Crippen LogP contribution in [0.5, 0.6) is 0 Å². The van der Waals surface area contributed by atoms with Gasteiger partial charge in [-0.25, -0.2) is 55.2 Å². The summed E-state index contributed by atoms with van der Waals surface area (Å²) >= 11 is 15.5. The van der Waals surface area contributed by atoms with Gasteiger partial charge in [0.05, 0.1) is 86.8 Å². The topological polar surface area (TPSA) is 1070 Å². The van der Waals surface area contributed by atoms with Gasteiger partial charge in [0.25, 0.3) is 37.9 Å². The van der Waals surface area contributed by atoms with E-state index in [2.05, 4.69) is 114 Å². The molecule has 4 aromatic heterocycles. The second-order valence-electron chi connectivity index (χ2n) is 31.4. The monoisotopic (exact) mass is 2390 g/mol. The highest BCUT2D eigenvalue weighted by atomic mass is 32.1. The van der Waals surface area contributed by atoms with Crippen LogP contribution in [0, 0.1) is 13.8 Å². The van der Waals surface area contributed by atoms with Crippen LogP contribution in [0.25, 0.3) is 0 Å². The maximum Gasteiger partial charge on any atom is 0.483 e. The van der Waals surface area contributed by atoms with Crippen molar-refractivity contribution in [2.24, 2.45) is 0 Å². The number of aromatic amines is 4. The van der Waals surface area contributed by atoms with Crippen molar-refractivity contribution >= 4 is 113 Å². The molecular formula is C66H114N8O62P8S4-2. The largest absolute Gasteiger partial charge is 0.756 e. The molecule has 82 heteroatoms. The lowest BCUT2D eigenvalue weighted by Gasteiger charge is -2.41. The van der Waals surface area contributed by atoms with Crippen molar-refractivity contribution in [3.8, 4) is 0 Å². The molecule has 0 aromatic carbocycles. The molecule has 28 N–H and O–H groups in total. The Morgan fingerprint density at radius 3 is 0.932 bits per heavy atom. The fourth-order valence-electron chi connectivity index (χ4n) is 13.6. The van der Waals surface area contributed by atoms with Crippen molar-refractivity contribution in [3.63, 3.8) is 0 Å². The van der Waals surface area contributed by atoms with Crippen molar-refractivity contribution in [2.45, 2.75) is 263 Å². The third kappa shape index (κ3) is 35.6. The lowest BCUT2D eigenvalue weighted by molar-refractivity contribution is -0.295. The van der Waals surface area contributed by atoms with Crippen LogP contribution in [-0.4, -0.2) is 393 Å². The first kappa shape index (κ1) is 135. The Hall–Kier alpha value is -3.88. The predicted molar refractivity (Wildman–Crippen MR) is 491 cm³/mol. The highest BCUT2D eigenvalue weighted by molar-refractivity contribution is 7.81. The average molecular weight is 2390 g/mol. The van der Waals surface area contributed by atoms with Crippen LogP contribution in [-0.2, 0) is 128 Å². The van der Waals surface area contributed by atoms with Crippen molar-refractivity contribution in [3.05, 3.63) is 131 Å². The molecule has 8 fully saturated rings. The van der Waals surface area contributed by atoms with Gasteiger partial charge in [0.1, 0.15) is 122 Å². The summed E-state index contributed by atoms with van der Waals surface area (Å²) in [5.74, 6) is -0.406. The van der Waals surface area contributed by atoms with Crippen LogP contribution >= 0.6 is 113 Å². The van der Waals surface area contributed by atoms with Crippen LogP contribution in [0.3, 0.4) is 0 Å². The van der Waals surface area contributed by atoms with Crippen molar-refractivity contribution in [1.29, 1.82) is 0 Å². The predicted octanol–water partition coefficient (Wildman–Crippen LogP) is -11.5. The molecule has 148 heavy (non-hydrogen) atoms. The molecule has 0 bridgehead atoms. The number of ether oxygens (including phenoxy) is 8. The van der Waals surface area contributed by atoms with Gasteiger partial charge in [-0.1, -0.05) is 29.7 Å². The van der Waals surface area contributed by atoms with E-state index in [1.807, 2.05) is 9.97 Å². The first-order chi connectivity index (χ1) is 66.6. The third-order valence-electron chi connectivity index (χ3n) is 21.0. The fourth-order valence-corrected chi connectivity index (χ4v) is 23.4. The number of nitrogens with zero attached hydrogens (tertiary/aromatic N) is 4. The van der Waals surface area contributed by atoms with Crippen molar-refractivity contribution < 1.29 is 259 Å². The molecule has 12 heterocycles. The number of phosphoric acid groups is 8. The van der Waals surface area contributed by atoms with Gasteiger partial charge in [0.15, 0.2) is 37.6 Å². The van der Waals surface area contributed by atoms with Gasteiger partial charge >= 0.3 is 69.7 Å². The molecule has 0 radical (unpaired) electrons. The van der Waals surface area contributed by atoms with Gasteiger partial charge in [-0.05, 0) is 13.8 Å². The maximum absolute atomic E-state index is 12.2. The summed E-state index contributed by atoms with van der Waals surface area (Å²) in [6.45, 7) is -2.43. The summed E-state index contributed by atoms with van der Waals surface area (Å²) in [5, 5.41) is 175. The second-order valence-corrected chi connectivity index (χ2v) is 45.2. The Bertz CT molecular complexity index is 5600. The zero-order valence-electron chi connectivity index (χ0n) is 72.6. The number of H-pyrrole nitrogens is 4. The molecule has 8 aliphatic heterocycles. The number of thiol groups is 4. The van der Waals surface area contributed by atoms with Gasteiger partial charge < -0.3 is 169 Å². The molecule has 70 nitrogen and oxygen atoms in total. The minimum atomic E-state index is -5.73. The Morgan fingerprint density at radius 2 is 0.622 bits per heavy atom. The summed E-state index contributed by atoms with van der Waals surface area (Å²) in [6, 6.07) is 1.88. The molecule has 8 saturated heterocycles. The van der Waals surface area contributed by atoms with Crippen molar-refractivity contribution in [1.82, 2.24) is 38.2 Å². The quantitative estimate of drug-likeness (QED) is 0.0148. The zero-order valence-corrected chi connectivity index (χ0v) is 83.3.